The number of thioether (sulfide) groups is 1. The van der Waals surface area contributed by atoms with Crippen molar-refractivity contribution in [3.8, 4) is 0 Å². The summed E-state index contributed by atoms with van der Waals surface area (Å²) in [7, 11) is 5.93. The molecule has 0 aromatic heterocycles. The molecule has 1 heterocycles. The molecule has 0 radical (unpaired) electrons. The molecule has 1 aromatic carbocycles. The molecule has 21 heavy (non-hydrogen) atoms. The summed E-state index contributed by atoms with van der Waals surface area (Å²) in [4.78, 5) is 4.02. The average molecular weight is 323 g/mol. The van der Waals surface area contributed by atoms with E-state index >= 15 is 0 Å². The minimum absolute atomic E-state index is 0.233. The molecule has 1 atom stereocenters. The zero-order valence-electron chi connectivity index (χ0n) is 13.0. The van der Waals surface area contributed by atoms with Gasteiger partial charge in [-0.3, -0.25) is 0 Å². The first-order chi connectivity index (χ1) is 9.73. The summed E-state index contributed by atoms with van der Waals surface area (Å²) in [6, 6.07) is 7.91. The van der Waals surface area contributed by atoms with E-state index in [9.17, 15) is 5.21 Å². The highest BCUT2D eigenvalue weighted by molar-refractivity contribution is 8.23. The fourth-order valence-corrected chi connectivity index (χ4v) is 3.86. The number of anilines is 1. The number of nitrogens with zero attached hydrogens (tertiary/aromatic N) is 3. The molecule has 1 aliphatic heterocycles. The molecular formula is C15H21N3OS2. The first kappa shape index (κ1) is 16.1. The number of rotatable bonds is 3. The van der Waals surface area contributed by atoms with Gasteiger partial charge in [-0.25, -0.2) is 0 Å². The Morgan fingerprint density at radius 1 is 1.33 bits per heavy atom. The maximum Gasteiger partial charge on any atom is 0.238 e. The highest BCUT2D eigenvalue weighted by Gasteiger charge is 2.48. The van der Waals surface area contributed by atoms with Crippen molar-refractivity contribution in [2.24, 2.45) is 0 Å². The van der Waals surface area contributed by atoms with Crippen LogP contribution in [0.15, 0.2) is 24.3 Å². The molecular weight excluding hydrogens is 302 g/mol. The highest BCUT2D eigenvalue weighted by atomic mass is 32.2. The van der Waals surface area contributed by atoms with Crippen LogP contribution in [-0.2, 0) is 0 Å². The minimum atomic E-state index is -0.288. The van der Waals surface area contributed by atoms with Crippen molar-refractivity contribution in [3.63, 3.8) is 0 Å². The van der Waals surface area contributed by atoms with Crippen molar-refractivity contribution in [1.29, 1.82) is 0 Å². The third-order valence-corrected chi connectivity index (χ3v) is 5.92. The summed E-state index contributed by atoms with van der Waals surface area (Å²) in [6.45, 7) is 4.08. The quantitative estimate of drug-likeness (QED) is 0.281. The van der Waals surface area contributed by atoms with Crippen LogP contribution in [0, 0.1) is 5.21 Å². The molecule has 0 amide bonds. The Hall–Kier alpha value is -1.27. The Bertz CT molecular complexity index is 567. The third-order valence-electron chi connectivity index (χ3n) is 3.87. The van der Waals surface area contributed by atoms with E-state index in [1.165, 1.54) is 11.8 Å². The van der Waals surface area contributed by atoms with Crippen LogP contribution >= 0.6 is 24.0 Å². The predicted octanol–water partition coefficient (Wildman–Crippen LogP) is 2.75. The van der Waals surface area contributed by atoms with Crippen molar-refractivity contribution in [1.82, 2.24) is 4.90 Å². The largest absolute Gasteiger partial charge is 0.623 e. The molecule has 0 aliphatic carbocycles. The van der Waals surface area contributed by atoms with Gasteiger partial charge in [0.05, 0.1) is 0 Å². The Morgan fingerprint density at radius 3 is 2.33 bits per heavy atom. The van der Waals surface area contributed by atoms with E-state index in [2.05, 4.69) is 0 Å². The first-order valence-corrected chi connectivity index (χ1v) is 8.04. The number of thiocarbonyl (C=S) groups is 1. The molecule has 0 bridgehead atoms. The van der Waals surface area contributed by atoms with Crippen LogP contribution in [0.1, 0.15) is 19.4 Å². The monoisotopic (exact) mass is 323 g/mol. The highest BCUT2D eigenvalue weighted by Crippen LogP contribution is 2.38. The number of likely N-dealkylation sites (N-methyl/N-ethyl adjacent to an activating group) is 1. The first-order valence-electron chi connectivity index (χ1n) is 6.75. The smallest absolute Gasteiger partial charge is 0.238 e. The summed E-state index contributed by atoms with van der Waals surface area (Å²) < 4.78 is 1.78. The van der Waals surface area contributed by atoms with Gasteiger partial charge in [0, 0.05) is 32.4 Å². The molecule has 2 rings (SSSR count). The lowest BCUT2D eigenvalue weighted by Crippen LogP contribution is -2.47. The topological polar surface area (TPSA) is 32.5 Å². The van der Waals surface area contributed by atoms with E-state index in [1.54, 1.807) is 6.21 Å². The van der Waals surface area contributed by atoms with Crippen LogP contribution in [0.25, 0.3) is 0 Å². The van der Waals surface area contributed by atoms with Crippen LogP contribution in [0.2, 0.25) is 0 Å². The van der Waals surface area contributed by atoms with Crippen molar-refractivity contribution in [3.05, 3.63) is 35.0 Å². The fourth-order valence-electron chi connectivity index (χ4n) is 2.16. The van der Waals surface area contributed by atoms with Crippen LogP contribution in [0.3, 0.4) is 0 Å². The van der Waals surface area contributed by atoms with Gasteiger partial charge >= 0.3 is 0 Å². The molecule has 0 N–H and O–H groups in total. The lowest BCUT2D eigenvalue weighted by atomic mass is 10.0. The van der Waals surface area contributed by atoms with Gasteiger partial charge in [0.15, 0.2) is 6.21 Å². The zero-order valence-corrected chi connectivity index (χ0v) is 14.7. The van der Waals surface area contributed by atoms with Crippen molar-refractivity contribution >= 4 is 40.2 Å². The summed E-state index contributed by atoms with van der Waals surface area (Å²) in [5, 5.41) is 12.3. The minimum Gasteiger partial charge on any atom is -0.623 e. The van der Waals surface area contributed by atoms with Gasteiger partial charge in [0.25, 0.3) is 0 Å². The average Bonchev–Trinajstić information content (AvgIpc) is 2.63. The molecule has 0 unspecified atom stereocenters. The van der Waals surface area contributed by atoms with E-state index in [-0.39, 0.29) is 10.9 Å². The van der Waals surface area contributed by atoms with E-state index < -0.39 is 0 Å². The lowest BCUT2D eigenvalue weighted by molar-refractivity contribution is -0.480. The SMILES string of the molecule is CN(C)c1ccc(/C=[N+](\[O-])[C@@H]2SC(=S)N(C)C2(C)C)cc1. The Balaban J connectivity index is 2.23. The summed E-state index contributed by atoms with van der Waals surface area (Å²) in [6.07, 6.45) is 1.64. The summed E-state index contributed by atoms with van der Waals surface area (Å²) in [5.41, 5.74) is 1.72. The molecule has 1 fully saturated rings. The number of hydrogen-bond donors (Lipinski definition) is 0. The number of hydrogen-bond acceptors (Lipinski definition) is 4. The van der Waals surface area contributed by atoms with Crippen LogP contribution < -0.4 is 4.90 Å². The van der Waals surface area contributed by atoms with Crippen LogP contribution in [0.5, 0.6) is 0 Å². The molecule has 1 aromatic rings. The van der Waals surface area contributed by atoms with Crippen molar-refractivity contribution in [2.75, 3.05) is 26.0 Å². The molecule has 4 nitrogen and oxygen atoms in total. The van der Waals surface area contributed by atoms with Crippen LogP contribution in [0.4, 0.5) is 5.69 Å². The van der Waals surface area contributed by atoms with Crippen LogP contribution in [-0.4, -0.2) is 52.2 Å². The van der Waals surface area contributed by atoms with Crippen molar-refractivity contribution in [2.45, 2.75) is 24.8 Å². The van der Waals surface area contributed by atoms with E-state index in [1.807, 2.05) is 69.1 Å². The van der Waals surface area contributed by atoms with Crippen molar-refractivity contribution < 1.29 is 4.74 Å². The van der Waals surface area contributed by atoms with E-state index in [0.717, 1.165) is 20.3 Å². The predicted molar refractivity (Wildman–Crippen MR) is 95.4 cm³/mol. The zero-order chi connectivity index (χ0) is 15.8. The summed E-state index contributed by atoms with van der Waals surface area (Å²) >= 11 is 6.75. The third kappa shape index (κ3) is 3.16. The van der Waals surface area contributed by atoms with Gasteiger partial charge < -0.3 is 15.0 Å². The molecule has 6 heteroatoms. The fraction of sp³-hybridized carbons (Fsp3) is 0.467. The second-order valence-electron chi connectivity index (χ2n) is 5.92. The van der Waals surface area contributed by atoms with Gasteiger partial charge in [0.1, 0.15) is 9.86 Å². The Morgan fingerprint density at radius 2 is 1.90 bits per heavy atom. The van der Waals surface area contributed by atoms with Gasteiger partial charge in [-0.1, -0.05) is 12.2 Å². The number of hydroxylamine groups is 1. The standard InChI is InChI=1S/C15H21N3OS2/c1-15(2)13(21-14(20)17(15)5)18(19)10-11-6-8-12(9-7-11)16(3)4/h6-10,13H,1-5H3/b18-10-/t13-/m1/s1. The molecule has 0 saturated carbocycles. The normalized spacial score (nSPS) is 21.8. The lowest BCUT2D eigenvalue weighted by Gasteiger charge is -2.30. The Labute approximate surface area is 136 Å². The molecule has 1 saturated heterocycles. The Kier molecular flexibility index (Phi) is 4.49. The van der Waals surface area contributed by atoms with Gasteiger partial charge in [-0.2, -0.15) is 4.74 Å². The van der Waals surface area contributed by atoms with Gasteiger partial charge in [0.2, 0.25) is 5.37 Å². The van der Waals surface area contributed by atoms with Gasteiger partial charge in [-0.05, 0) is 49.9 Å². The second-order valence-corrected chi connectivity index (χ2v) is 7.64. The maximum absolute atomic E-state index is 12.5. The van der Waals surface area contributed by atoms with Gasteiger partial charge in [-0.15, -0.1) is 0 Å². The van der Waals surface area contributed by atoms with E-state index in [4.69, 9.17) is 12.2 Å². The number of benzene rings is 1. The maximum atomic E-state index is 12.5. The molecule has 0 spiro atoms. The summed E-state index contributed by atoms with van der Waals surface area (Å²) in [5.74, 6) is 0. The second kappa shape index (κ2) is 5.85. The molecule has 114 valence electrons. The van der Waals surface area contributed by atoms with E-state index in [0.29, 0.717) is 0 Å². The molecule has 1 aliphatic rings.